The van der Waals surface area contributed by atoms with Crippen molar-refractivity contribution in [2.45, 2.75) is 50.6 Å². The molecule has 1 atom stereocenters. The van der Waals surface area contributed by atoms with Crippen LogP contribution in [0.2, 0.25) is 0 Å². The molecule has 7 nitrogen and oxygen atoms in total. The van der Waals surface area contributed by atoms with Crippen molar-refractivity contribution < 1.29 is 17.9 Å². The quantitative estimate of drug-likeness (QED) is 0.539. The Morgan fingerprint density at radius 1 is 1.16 bits per heavy atom. The van der Waals surface area contributed by atoms with Crippen molar-refractivity contribution >= 4 is 15.9 Å². The highest BCUT2D eigenvalue weighted by atomic mass is 32.2. The molecule has 1 amide bonds. The Bertz CT molecular complexity index is 1050. The largest absolute Gasteiger partial charge is 0.497 e. The summed E-state index contributed by atoms with van der Waals surface area (Å²) in [5.41, 5.74) is 2.15. The van der Waals surface area contributed by atoms with Crippen LogP contribution in [0.5, 0.6) is 5.75 Å². The van der Waals surface area contributed by atoms with E-state index in [4.69, 9.17) is 4.74 Å². The molecule has 1 aliphatic carbocycles. The summed E-state index contributed by atoms with van der Waals surface area (Å²) in [6.07, 6.45) is 1.71. The zero-order chi connectivity index (χ0) is 23.3. The van der Waals surface area contributed by atoms with Gasteiger partial charge in [-0.15, -0.1) is 0 Å². The first kappa shape index (κ1) is 24.2. The van der Waals surface area contributed by atoms with Crippen LogP contribution in [-0.2, 0) is 10.0 Å². The van der Waals surface area contributed by atoms with Gasteiger partial charge in [0.25, 0.3) is 5.91 Å². The molecule has 3 rings (SSSR count). The molecule has 0 radical (unpaired) electrons. The normalized spacial score (nSPS) is 14.9. The summed E-state index contributed by atoms with van der Waals surface area (Å²) < 4.78 is 33.2. The van der Waals surface area contributed by atoms with Crippen LogP contribution in [0.1, 0.15) is 54.2 Å². The average molecular weight is 460 g/mol. The van der Waals surface area contributed by atoms with Crippen LogP contribution in [0.4, 0.5) is 0 Å². The van der Waals surface area contributed by atoms with Crippen molar-refractivity contribution in [3.05, 3.63) is 59.2 Å². The summed E-state index contributed by atoms with van der Waals surface area (Å²) in [7, 11) is -1.99. The van der Waals surface area contributed by atoms with Crippen molar-refractivity contribution in [3.63, 3.8) is 0 Å². The Morgan fingerprint density at radius 2 is 1.88 bits per heavy atom. The zero-order valence-corrected chi connectivity index (χ0v) is 20.0. The summed E-state index contributed by atoms with van der Waals surface area (Å²) in [6.45, 7) is 8.03. The van der Waals surface area contributed by atoms with Gasteiger partial charge in [-0.1, -0.05) is 32.0 Å². The number of amides is 1. The number of sulfonamides is 1. The van der Waals surface area contributed by atoms with E-state index in [2.05, 4.69) is 28.8 Å². The number of likely N-dealkylation sites (N-methyl/N-ethyl adjacent to an activating group) is 1. The second-order valence-corrected chi connectivity index (χ2v) is 9.81. The summed E-state index contributed by atoms with van der Waals surface area (Å²) in [4.78, 5) is 15.5. The van der Waals surface area contributed by atoms with Crippen molar-refractivity contribution in [1.29, 1.82) is 0 Å². The van der Waals surface area contributed by atoms with Gasteiger partial charge in [0.15, 0.2) is 0 Å². The SMILES string of the molecule is CCN(CC)C(CNC(=O)c1cc(S(=O)(=O)NC2CC2)ccc1C)c1cccc(OC)c1. The Balaban J connectivity index is 1.80. The van der Waals surface area contributed by atoms with Crippen LogP contribution in [0, 0.1) is 6.92 Å². The van der Waals surface area contributed by atoms with Crippen molar-refractivity contribution in [2.24, 2.45) is 0 Å². The van der Waals surface area contributed by atoms with E-state index in [1.807, 2.05) is 31.2 Å². The minimum absolute atomic E-state index is 0.0104. The van der Waals surface area contributed by atoms with E-state index in [0.29, 0.717) is 12.1 Å². The van der Waals surface area contributed by atoms with E-state index in [0.717, 1.165) is 42.8 Å². The van der Waals surface area contributed by atoms with Crippen LogP contribution in [0.15, 0.2) is 47.4 Å². The molecule has 1 fully saturated rings. The molecule has 0 saturated heterocycles. The maximum Gasteiger partial charge on any atom is 0.251 e. The zero-order valence-electron chi connectivity index (χ0n) is 19.2. The number of ether oxygens (including phenoxy) is 1. The van der Waals surface area contributed by atoms with Crippen LogP contribution in [0.25, 0.3) is 0 Å². The third kappa shape index (κ3) is 5.88. The van der Waals surface area contributed by atoms with E-state index in [-0.39, 0.29) is 22.9 Å². The Hall–Kier alpha value is -2.42. The second-order valence-electron chi connectivity index (χ2n) is 8.10. The predicted molar refractivity (Wildman–Crippen MR) is 126 cm³/mol. The van der Waals surface area contributed by atoms with Gasteiger partial charge in [0, 0.05) is 18.2 Å². The molecule has 2 aromatic rings. The molecular weight excluding hydrogens is 426 g/mol. The Morgan fingerprint density at radius 3 is 2.50 bits per heavy atom. The van der Waals surface area contributed by atoms with E-state index in [1.54, 1.807) is 19.2 Å². The monoisotopic (exact) mass is 459 g/mol. The van der Waals surface area contributed by atoms with Gasteiger partial charge < -0.3 is 10.1 Å². The molecular formula is C24H33N3O4S. The smallest absolute Gasteiger partial charge is 0.251 e. The summed E-state index contributed by atoms with van der Waals surface area (Å²) in [6, 6.07) is 12.5. The van der Waals surface area contributed by atoms with Gasteiger partial charge in [-0.2, -0.15) is 0 Å². The van der Waals surface area contributed by atoms with Gasteiger partial charge in [-0.3, -0.25) is 9.69 Å². The first-order valence-electron chi connectivity index (χ1n) is 11.1. The minimum atomic E-state index is -3.63. The standard InChI is InChI=1S/C24H33N3O4S/c1-5-27(6-2)23(18-8-7-9-20(14-18)31-4)16-25-24(28)22-15-21(13-10-17(22)3)32(29,30)26-19-11-12-19/h7-10,13-15,19,23,26H,5-6,11-12,16H2,1-4H3,(H,25,28). The molecule has 2 aromatic carbocycles. The molecule has 0 heterocycles. The molecule has 174 valence electrons. The maximum atomic E-state index is 13.1. The lowest BCUT2D eigenvalue weighted by atomic mass is 10.0. The van der Waals surface area contributed by atoms with Gasteiger partial charge >= 0.3 is 0 Å². The van der Waals surface area contributed by atoms with Crippen LogP contribution in [-0.4, -0.2) is 52.0 Å². The highest BCUT2D eigenvalue weighted by Gasteiger charge is 2.28. The third-order valence-electron chi connectivity index (χ3n) is 5.85. The number of carbonyl (C=O) groups is 1. The molecule has 2 N–H and O–H groups in total. The molecule has 0 spiro atoms. The van der Waals surface area contributed by atoms with Gasteiger partial charge in [0.2, 0.25) is 10.0 Å². The average Bonchev–Trinajstić information content (AvgIpc) is 3.59. The molecule has 1 saturated carbocycles. The summed E-state index contributed by atoms with van der Waals surface area (Å²) in [5.74, 6) is 0.480. The van der Waals surface area contributed by atoms with E-state index in [9.17, 15) is 13.2 Å². The number of carbonyl (C=O) groups excluding carboxylic acids is 1. The number of benzene rings is 2. The highest BCUT2D eigenvalue weighted by Crippen LogP contribution is 2.25. The fourth-order valence-corrected chi connectivity index (χ4v) is 5.09. The highest BCUT2D eigenvalue weighted by molar-refractivity contribution is 7.89. The first-order valence-corrected chi connectivity index (χ1v) is 12.6. The first-order chi connectivity index (χ1) is 15.3. The van der Waals surface area contributed by atoms with Gasteiger partial charge in [-0.25, -0.2) is 13.1 Å². The van der Waals surface area contributed by atoms with Gasteiger partial charge in [0.05, 0.1) is 18.0 Å². The van der Waals surface area contributed by atoms with Crippen molar-refractivity contribution in [3.8, 4) is 5.75 Å². The lowest BCUT2D eigenvalue weighted by molar-refractivity contribution is 0.0934. The summed E-state index contributed by atoms with van der Waals surface area (Å²) in [5, 5.41) is 3.02. The van der Waals surface area contributed by atoms with Gasteiger partial charge in [0.1, 0.15) is 5.75 Å². The Kier molecular flexibility index (Phi) is 7.92. The maximum absolute atomic E-state index is 13.1. The second kappa shape index (κ2) is 10.5. The van der Waals surface area contributed by atoms with E-state index < -0.39 is 10.0 Å². The molecule has 32 heavy (non-hydrogen) atoms. The number of hydrogen-bond donors (Lipinski definition) is 2. The third-order valence-corrected chi connectivity index (χ3v) is 7.37. The molecule has 0 bridgehead atoms. The van der Waals surface area contributed by atoms with Crippen molar-refractivity contribution in [2.75, 3.05) is 26.7 Å². The Labute approximate surface area is 191 Å². The van der Waals surface area contributed by atoms with E-state index in [1.165, 1.54) is 6.07 Å². The lowest BCUT2D eigenvalue weighted by Gasteiger charge is -2.30. The van der Waals surface area contributed by atoms with Crippen molar-refractivity contribution in [1.82, 2.24) is 14.9 Å². The van der Waals surface area contributed by atoms with Gasteiger partial charge in [-0.05, 0) is 68.2 Å². The number of nitrogens with zero attached hydrogens (tertiary/aromatic N) is 1. The molecule has 8 heteroatoms. The number of hydrogen-bond acceptors (Lipinski definition) is 5. The summed E-state index contributed by atoms with van der Waals surface area (Å²) >= 11 is 0. The lowest BCUT2D eigenvalue weighted by Crippen LogP contribution is -2.38. The predicted octanol–water partition coefficient (Wildman–Crippen LogP) is 3.26. The number of aryl methyl sites for hydroxylation is 1. The van der Waals surface area contributed by atoms with E-state index >= 15 is 0 Å². The molecule has 1 unspecified atom stereocenters. The topological polar surface area (TPSA) is 87.7 Å². The van der Waals surface area contributed by atoms with Crippen LogP contribution < -0.4 is 14.8 Å². The van der Waals surface area contributed by atoms with Crippen LogP contribution in [0.3, 0.4) is 0 Å². The molecule has 1 aliphatic rings. The number of methoxy groups -OCH3 is 1. The molecule has 0 aromatic heterocycles. The fraction of sp³-hybridized carbons (Fsp3) is 0.458. The molecule has 0 aliphatic heterocycles. The minimum Gasteiger partial charge on any atom is -0.497 e. The van der Waals surface area contributed by atoms with Crippen LogP contribution >= 0.6 is 0 Å². The number of rotatable bonds is 11. The number of nitrogens with one attached hydrogen (secondary N) is 2. The fourth-order valence-electron chi connectivity index (χ4n) is 3.76.